The Balaban J connectivity index is 1.50. The van der Waals surface area contributed by atoms with E-state index >= 15 is 0 Å². The second-order valence-corrected chi connectivity index (χ2v) is 8.26. The first kappa shape index (κ1) is 23.0. The van der Waals surface area contributed by atoms with Gasteiger partial charge in [-0.05, 0) is 38.1 Å². The van der Waals surface area contributed by atoms with Crippen molar-refractivity contribution in [2.45, 2.75) is 13.8 Å². The van der Waals surface area contributed by atoms with Crippen LogP contribution in [0.2, 0.25) is 0 Å². The van der Waals surface area contributed by atoms with Crippen LogP contribution in [0.25, 0.3) is 22.6 Å². The molecule has 0 radical (unpaired) electrons. The molecule has 0 atom stereocenters. The first-order valence-corrected chi connectivity index (χ1v) is 11.9. The molecule has 1 N–H and O–H groups in total. The highest BCUT2D eigenvalue weighted by atomic mass is 16.2. The van der Waals surface area contributed by atoms with Gasteiger partial charge in [-0.25, -0.2) is 9.67 Å². The van der Waals surface area contributed by atoms with Crippen LogP contribution in [0.1, 0.15) is 34.6 Å². The Morgan fingerprint density at radius 2 is 1.64 bits per heavy atom. The summed E-state index contributed by atoms with van der Waals surface area (Å²) in [6.07, 6.45) is 5.24. The van der Waals surface area contributed by atoms with Crippen molar-refractivity contribution < 1.29 is 9.59 Å². The van der Waals surface area contributed by atoms with Crippen molar-refractivity contribution in [1.82, 2.24) is 24.1 Å². The lowest BCUT2D eigenvalue weighted by Crippen LogP contribution is -2.31. The number of carbonyl (C=O) groups is 2. The van der Waals surface area contributed by atoms with Gasteiger partial charge in [-0.2, -0.15) is 5.10 Å². The molecule has 0 saturated heterocycles. The largest absolute Gasteiger partial charge is 0.339 e. The lowest BCUT2D eigenvalue weighted by Gasteiger charge is -2.19. The lowest BCUT2D eigenvalue weighted by molar-refractivity contribution is 0.0774. The zero-order valence-corrected chi connectivity index (χ0v) is 20.1. The molecule has 8 heteroatoms. The third-order valence-electron chi connectivity index (χ3n) is 6.07. The van der Waals surface area contributed by atoms with E-state index in [-0.39, 0.29) is 11.8 Å². The Labute approximate surface area is 208 Å². The summed E-state index contributed by atoms with van der Waals surface area (Å²) in [6.45, 7) is 4.95. The zero-order chi connectivity index (χ0) is 25.1. The van der Waals surface area contributed by atoms with Crippen molar-refractivity contribution in [2.24, 2.45) is 0 Å². The number of anilines is 1. The minimum Gasteiger partial charge on any atom is -0.339 e. The molecule has 0 aliphatic carbocycles. The zero-order valence-electron chi connectivity index (χ0n) is 20.1. The summed E-state index contributed by atoms with van der Waals surface area (Å²) in [5, 5.41) is 7.37. The maximum atomic E-state index is 13.4. The van der Waals surface area contributed by atoms with Crippen molar-refractivity contribution in [2.75, 3.05) is 18.4 Å². The predicted molar refractivity (Wildman–Crippen MR) is 139 cm³/mol. The molecule has 5 rings (SSSR count). The van der Waals surface area contributed by atoms with Crippen molar-refractivity contribution in [3.05, 3.63) is 103 Å². The molecule has 0 unspecified atom stereocenters. The number of imidazole rings is 1. The number of rotatable bonds is 7. The van der Waals surface area contributed by atoms with E-state index in [2.05, 4.69) is 15.4 Å². The highest BCUT2D eigenvalue weighted by molar-refractivity contribution is 6.08. The smallest absolute Gasteiger partial charge is 0.259 e. The molecule has 0 aliphatic rings. The normalized spacial score (nSPS) is 10.9. The number of para-hydroxylation sites is 1. The van der Waals surface area contributed by atoms with E-state index in [9.17, 15) is 9.59 Å². The van der Waals surface area contributed by atoms with Crippen molar-refractivity contribution in [3.63, 3.8) is 0 Å². The average molecular weight is 479 g/mol. The van der Waals surface area contributed by atoms with E-state index in [1.165, 1.54) is 6.20 Å². The number of hydrogen-bond acceptors (Lipinski definition) is 4. The number of amides is 2. The van der Waals surface area contributed by atoms with Gasteiger partial charge in [-0.15, -0.1) is 0 Å². The average Bonchev–Trinajstić information content (AvgIpc) is 3.54. The number of pyridine rings is 1. The van der Waals surface area contributed by atoms with Gasteiger partial charge < -0.3 is 14.6 Å². The molecular formula is C28H26N6O2. The molecule has 0 fully saturated rings. The van der Waals surface area contributed by atoms with E-state index in [0.29, 0.717) is 35.7 Å². The first-order valence-electron chi connectivity index (χ1n) is 11.9. The third kappa shape index (κ3) is 4.36. The van der Waals surface area contributed by atoms with Crippen LogP contribution in [0.4, 0.5) is 5.82 Å². The highest BCUT2D eigenvalue weighted by Gasteiger charge is 2.24. The van der Waals surface area contributed by atoms with E-state index < -0.39 is 0 Å². The molecule has 180 valence electrons. The summed E-state index contributed by atoms with van der Waals surface area (Å²) in [4.78, 5) is 33.0. The van der Waals surface area contributed by atoms with Gasteiger partial charge >= 0.3 is 0 Å². The highest BCUT2D eigenvalue weighted by Crippen LogP contribution is 2.24. The Bertz CT molecular complexity index is 1520. The maximum absolute atomic E-state index is 13.4. The molecule has 0 aliphatic heterocycles. The number of hydrogen-bond donors (Lipinski definition) is 1. The fourth-order valence-corrected chi connectivity index (χ4v) is 4.12. The summed E-state index contributed by atoms with van der Waals surface area (Å²) < 4.78 is 3.46. The number of nitrogens with one attached hydrogen (secondary N) is 1. The predicted octanol–water partition coefficient (Wildman–Crippen LogP) is 4.92. The Morgan fingerprint density at radius 3 is 2.33 bits per heavy atom. The first-order chi connectivity index (χ1) is 17.6. The lowest BCUT2D eigenvalue weighted by atomic mass is 10.2. The van der Waals surface area contributed by atoms with Crippen molar-refractivity contribution in [3.8, 4) is 16.9 Å². The standard InChI is InChI=1S/C28H26N6O2/c1-3-32(4-2)28(36)23-18-29-34(22-13-9-6-10-14-22)26(23)31-27(35)21-15-16-33-19-24(30-25(33)17-21)20-11-7-5-8-12-20/h5-19H,3-4H2,1-2H3,(H,31,35). The topological polar surface area (TPSA) is 84.5 Å². The van der Waals surface area contributed by atoms with Crippen LogP contribution in [0, 0.1) is 0 Å². The molecule has 3 aromatic heterocycles. The Hall–Kier alpha value is -4.72. The van der Waals surface area contributed by atoms with Crippen molar-refractivity contribution >= 4 is 23.3 Å². The minimum absolute atomic E-state index is 0.186. The maximum Gasteiger partial charge on any atom is 0.259 e. The van der Waals surface area contributed by atoms with Gasteiger partial charge in [0.05, 0.1) is 17.6 Å². The summed E-state index contributed by atoms with van der Waals surface area (Å²) in [5.74, 6) is -0.210. The molecule has 2 amide bonds. The fraction of sp³-hybridized carbons (Fsp3) is 0.143. The number of aromatic nitrogens is 4. The van der Waals surface area contributed by atoms with Gasteiger partial charge in [-0.3, -0.25) is 9.59 Å². The summed E-state index contributed by atoms with van der Waals surface area (Å²) >= 11 is 0. The number of benzene rings is 2. The quantitative estimate of drug-likeness (QED) is 0.360. The molecule has 5 aromatic rings. The van der Waals surface area contributed by atoms with Gasteiger partial charge in [0.25, 0.3) is 11.8 Å². The third-order valence-corrected chi connectivity index (χ3v) is 6.07. The van der Waals surface area contributed by atoms with Gasteiger partial charge in [0.1, 0.15) is 17.0 Å². The Kier molecular flexibility index (Phi) is 6.32. The monoisotopic (exact) mass is 478 g/mol. The molecule has 36 heavy (non-hydrogen) atoms. The van der Waals surface area contributed by atoms with E-state index in [1.807, 2.05) is 85.1 Å². The van der Waals surface area contributed by atoms with Gasteiger partial charge in [0.15, 0.2) is 0 Å². The van der Waals surface area contributed by atoms with Gasteiger partial charge in [-0.1, -0.05) is 48.5 Å². The Morgan fingerprint density at radius 1 is 0.944 bits per heavy atom. The summed E-state index contributed by atoms with van der Waals surface area (Å²) in [7, 11) is 0. The molecule has 0 saturated carbocycles. The molecule has 0 spiro atoms. The van der Waals surface area contributed by atoms with Crippen LogP contribution >= 0.6 is 0 Å². The fourth-order valence-electron chi connectivity index (χ4n) is 4.12. The number of carbonyl (C=O) groups excluding carboxylic acids is 2. The SMILES string of the molecule is CCN(CC)C(=O)c1cnn(-c2ccccc2)c1NC(=O)c1ccn2cc(-c3ccccc3)nc2c1. The molecule has 2 aromatic carbocycles. The minimum atomic E-state index is -0.354. The van der Waals surface area contributed by atoms with Gasteiger partial charge in [0, 0.05) is 36.6 Å². The molecular weight excluding hydrogens is 452 g/mol. The summed E-state index contributed by atoms with van der Waals surface area (Å²) in [5.41, 5.74) is 3.97. The van der Waals surface area contributed by atoms with Crippen LogP contribution < -0.4 is 5.32 Å². The van der Waals surface area contributed by atoms with E-state index in [1.54, 1.807) is 27.9 Å². The number of nitrogens with zero attached hydrogens (tertiary/aromatic N) is 5. The van der Waals surface area contributed by atoms with Crippen LogP contribution in [-0.2, 0) is 0 Å². The summed E-state index contributed by atoms with van der Waals surface area (Å²) in [6, 6.07) is 22.7. The van der Waals surface area contributed by atoms with Crippen LogP contribution in [0.3, 0.4) is 0 Å². The van der Waals surface area contributed by atoms with Gasteiger partial charge in [0.2, 0.25) is 0 Å². The molecule has 0 bridgehead atoms. The van der Waals surface area contributed by atoms with Crippen LogP contribution in [-0.4, -0.2) is 49.0 Å². The van der Waals surface area contributed by atoms with Crippen LogP contribution in [0.5, 0.6) is 0 Å². The molecule has 3 heterocycles. The number of fused-ring (bicyclic) bond motifs is 1. The second kappa shape index (κ2) is 9.87. The molecule has 8 nitrogen and oxygen atoms in total. The van der Waals surface area contributed by atoms with Crippen molar-refractivity contribution in [1.29, 1.82) is 0 Å². The second-order valence-electron chi connectivity index (χ2n) is 8.26. The van der Waals surface area contributed by atoms with E-state index in [0.717, 1.165) is 16.9 Å². The van der Waals surface area contributed by atoms with Crippen LogP contribution in [0.15, 0.2) is 91.4 Å². The van der Waals surface area contributed by atoms with E-state index in [4.69, 9.17) is 0 Å².